The molecule has 0 amide bonds. The second-order valence-electron chi connectivity index (χ2n) is 3.57. The Morgan fingerprint density at radius 1 is 1.47 bits per heavy atom. The molecule has 0 bridgehead atoms. The van der Waals surface area contributed by atoms with Crippen molar-refractivity contribution in [3.8, 4) is 0 Å². The van der Waals surface area contributed by atoms with Gasteiger partial charge in [-0.15, -0.1) is 0 Å². The van der Waals surface area contributed by atoms with Crippen molar-refractivity contribution in [1.29, 1.82) is 0 Å². The quantitative estimate of drug-likeness (QED) is 0.362. The van der Waals surface area contributed by atoms with Gasteiger partial charge in [-0.3, -0.25) is 0 Å². The van der Waals surface area contributed by atoms with Gasteiger partial charge < -0.3 is 15.5 Å². The molecule has 0 aliphatic rings. The van der Waals surface area contributed by atoms with Crippen LogP contribution in [0.2, 0.25) is 0 Å². The van der Waals surface area contributed by atoms with E-state index in [1.807, 2.05) is 0 Å². The molecule has 0 atom stereocenters. The molecule has 88 valence electrons. The summed E-state index contributed by atoms with van der Waals surface area (Å²) in [7, 11) is 0. The summed E-state index contributed by atoms with van der Waals surface area (Å²) in [5.41, 5.74) is 6.48. The molecule has 6 heteroatoms. The van der Waals surface area contributed by atoms with Crippen LogP contribution in [0.1, 0.15) is 11.1 Å². The first-order valence-electron chi connectivity index (χ1n) is 4.92. The molecule has 5 nitrogen and oxygen atoms in total. The first-order valence-corrected chi connectivity index (χ1v) is 4.92. The maximum absolute atomic E-state index is 13.3. The van der Waals surface area contributed by atoms with Crippen molar-refractivity contribution >= 4 is 5.84 Å². The number of rotatable bonds is 3. The number of nitrogens with zero attached hydrogens (tertiary/aromatic N) is 3. The summed E-state index contributed by atoms with van der Waals surface area (Å²) in [5, 5.41) is 11.4. The van der Waals surface area contributed by atoms with Gasteiger partial charge in [0.2, 0.25) is 0 Å². The third-order valence-electron chi connectivity index (χ3n) is 2.29. The molecule has 0 aliphatic carbocycles. The lowest BCUT2D eigenvalue weighted by atomic mass is 10.1. The number of amidine groups is 1. The smallest absolute Gasteiger partial charge is 0.170 e. The maximum Gasteiger partial charge on any atom is 0.170 e. The van der Waals surface area contributed by atoms with E-state index in [0.717, 1.165) is 0 Å². The number of halogens is 1. The first kappa shape index (κ1) is 11.1. The number of oxime groups is 1. The standard InChI is InChI=1S/C11H11FN4O/c12-10-4-8(6-16-2-1-14-7-16)3-9(5-10)11(13)15-17/h1-5,7,17H,6H2,(H2,13,15). The SMILES string of the molecule is N/C(=N/O)c1cc(F)cc(Cn2ccnc2)c1. The summed E-state index contributed by atoms with van der Waals surface area (Å²) < 4.78 is 15.1. The van der Waals surface area contributed by atoms with Crippen LogP contribution in [-0.2, 0) is 6.54 Å². The van der Waals surface area contributed by atoms with Crippen molar-refractivity contribution in [3.05, 3.63) is 53.9 Å². The third-order valence-corrected chi connectivity index (χ3v) is 2.29. The molecule has 2 rings (SSSR count). The minimum Gasteiger partial charge on any atom is -0.409 e. The van der Waals surface area contributed by atoms with Gasteiger partial charge in [0.15, 0.2) is 5.84 Å². The molecule has 3 N–H and O–H groups in total. The van der Waals surface area contributed by atoms with Gasteiger partial charge in [-0.1, -0.05) is 5.16 Å². The van der Waals surface area contributed by atoms with Crippen LogP contribution in [0.3, 0.4) is 0 Å². The van der Waals surface area contributed by atoms with Crippen LogP contribution in [0.25, 0.3) is 0 Å². The van der Waals surface area contributed by atoms with Crippen molar-refractivity contribution in [2.45, 2.75) is 6.54 Å². The Balaban J connectivity index is 2.32. The van der Waals surface area contributed by atoms with Gasteiger partial charge in [-0.2, -0.15) is 0 Å². The van der Waals surface area contributed by atoms with E-state index in [1.165, 1.54) is 12.1 Å². The topological polar surface area (TPSA) is 76.4 Å². The van der Waals surface area contributed by atoms with Crippen LogP contribution < -0.4 is 5.73 Å². The number of nitrogens with two attached hydrogens (primary N) is 1. The number of aromatic nitrogens is 2. The Morgan fingerprint density at radius 2 is 2.29 bits per heavy atom. The molecule has 17 heavy (non-hydrogen) atoms. The highest BCUT2D eigenvalue weighted by Gasteiger charge is 2.05. The average Bonchev–Trinajstić information content (AvgIpc) is 2.80. The second kappa shape index (κ2) is 4.65. The predicted octanol–water partition coefficient (Wildman–Crippen LogP) is 1.17. The van der Waals surface area contributed by atoms with Crippen LogP contribution >= 0.6 is 0 Å². The van der Waals surface area contributed by atoms with E-state index in [9.17, 15) is 4.39 Å². The Morgan fingerprint density at radius 3 is 2.94 bits per heavy atom. The lowest BCUT2D eigenvalue weighted by molar-refractivity contribution is 0.318. The summed E-state index contributed by atoms with van der Waals surface area (Å²) in [6, 6.07) is 4.28. The van der Waals surface area contributed by atoms with Crippen LogP contribution in [-0.4, -0.2) is 20.6 Å². The van der Waals surface area contributed by atoms with E-state index in [1.54, 1.807) is 29.4 Å². The highest BCUT2D eigenvalue weighted by atomic mass is 19.1. The van der Waals surface area contributed by atoms with E-state index < -0.39 is 5.82 Å². The van der Waals surface area contributed by atoms with Gasteiger partial charge in [0, 0.05) is 24.5 Å². The molecule has 1 heterocycles. The fraction of sp³-hybridized carbons (Fsp3) is 0.0909. The zero-order valence-corrected chi connectivity index (χ0v) is 8.92. The van der Waals surface area contributed by atoms with Crippen LogP contribution in [0.5, 0.6) is 0 Å². The Bertz CT molecular complexity index is 536. The number of imidazole rings is 1. The molecule has 0 fully saturated rings. The van der Waals surface area contributed by atoms with Crippen molar-refractivity contribution in [2.24, 2.45) is 10.9 Å². The molecule has 2 aromatic rings. The number of hydrogen-bond donors (Lipinski definition) is 2. The van der Waals surface area contributed by atoms with Crippen LogP contribution in [0, 0.1) is 5.82 Å². The fourth-order valence-electron chi connectivity index (χ4n) is 1.54. The van der Waals surface area contributed by atoms with Gasteiger partial charge in [0.05, 0.1) is 6.33 Å². The number of benzene rings is 1. The molecular weight excluding hydrogens is 223 g/mol. The molecule has 0 saturated heterocycles. The summed E-state index contributed by atoms with van der Waals surface area (Å²) in [5.74, 6) is -0.541. The molecule has 1 aromatic carbocycles. The predicted molar refractivity (Wildman–Crippen MR) is 60.2 cm³/mol. The Labute approximate surface area is 97.0 Å². The number of hydrogen-bond acceptors (Lipinski definition) is 3. The van der Waals surface area contributed by atoms with Gasteiger partial charge in [0.25, 0.3) is 0 Å². The lowest BCUT2D eigenvalue weighted by Gasteiger charge is -2.06. The molecule has 0 saturated carbocycles. The zero-order chi connectivity index (χ0) is 12.3. The van der Waals surface area contributed by atoms with E-state index >= 15 is 0 Å². The highest BCUT2D eigenvalue weighted by Crippen LogP contribution is 2.10. The van der Waals surface area contributed by atoms with Crippen LogP contribution in [0.15, 0.2) is 42.1 Å². The largest absolute Gasteiger partial charge is 0.409 e. The summed E-state index contributed by atoms with van der Waals surface area (Å²) in [6.45, 7) is 0.476. The molecule has 0 radical (unpaired) electrons. The van der Waals surface area contributed by atoms with E-state index in [2.05, 4.69) is 10.1 Å². The minimum atomic E-state index is -0.427. The van der Waals surface area contributed by atoms with Crippen molar-refractivity contribution in [3.63, 3.8) is 0 Å². The first-order chi connectivity index (χ1) is 8.19. The average molecular weight is 234 g/mol. The molecule has 1 aromatic heterocycles. The minimum absolute atomic E-state index is 0.114. The monoisotopic (exact) mass is 234 g/mol. The van der Waals surface area contributed by atoms with E-state index in [-0.39, 0.29) is 5.84 Å². The highest BCUT2D eigenvalue weighted by molar-refractivity contribution is 5.97. The van der Waals surface area contributed by atoms with E-state index in [4.69, 9.17) is 10.9 Å². The lowest BCUT2D eigenvalue weighted by Crippen LogP contribution is -2.14. The van der Waals surface area contributed by atoms with Gasteiger partial charge >= 0.3 is 0 Å². The second-order valence-corrected chi connectivity index (χ2v) is 3.57. The van der Waals surface area contributed by atoms with Crippen molar-refractivity contribution in [1.82, 2.24) is 9.55 Å². The van der Waals surface area contributed by atoms with E-state index in [0.29, 0.717) is 17.7 Å². The van der Waals surface area contributed by atoms with Gasteiger partial charge in [0.1, 0.15) is 5.82 Å². The molecular formula is C11H11FN4O. The summed E-state index contributed by atoms with van der Waals surface area (Å²) in [4.78, 5) is 3.90. The van der Waals surface area contributed by atoms with Gasteiger partial charge in [-0.05, 0) is 23.8 Å². The molecule has 0 unspecified atom stereocenters. The normalized spacial score (nSPS) is 11.7. The summed E-state index contributed by atoms with van der Waals surface area (Å²) in [6.07, 6.45) is 5.05. The Kier molecular flexibility index (Phi) is 3.04. The van der Waals surface area contributed by atoms with Crippen LogP contribution in [0.4, 0.5) is 4.39 Å². The van der Waals surface area contributed by atoms with Crippen molar-refractivity contribution < 1.29 is 9.60 Å². The Hall–Kier alpha value is -2.37. The summed E-state index contributed by atoms with van der Waals surface area (Å²) >= 11 is 0. The zero-order valence-electron chi connectivity index (χ0n) is 8.92. The fourth-order valence-corrected chi connectivity index (χ4v) is 1.54. The van der Waals surface area contributed by atoms with Crippen molar-refractivity contribution in [2.75, 3.05) is 0 Å². The molecule has 0 spiro atoms. The van der Waals surface area contributed by atoms with Gasteiger partial charge in [-0.25, -0.2) is 9.37 Å². The molecule has 0 aliphatic heterocycles. The third kappa shape index (κ3) is 2.60. The maximum atomic E-state index is 13.3.